The van der Waals surface area contributed by atoms with Crippen molar-refractivity contribution in [1.82, 2.24) is 19.7 Å². The molecule has 0 radical (unpaired) electrons. The molecular formula is C19H18F3N5O2. The van der Waals surface area contributed by atoms with Crippen LogP contribution in [0.25, 0.3) is 11.4 Å². The Balaban J connectivity index is 2.03. The van der Waals surface area contributed by atoms with Crippen LogP contribution in [-0.4, -0.2) is 25.7 Å². The summed E-state index contributed by atoms with van der Waals surface area (Å²) in [5.41, 5.74) is 3.41. The monoisotopic (exact) mass is 405 g/mol. The fourth-order valence-electron chi connectivity index (χ4n) is 3.00. The van der Waals surface area contributed by atoms with Crippen LogP contribution < -0.4 is 10.5 Å². The lowest BCUT2D eigenvalue weighted by atomic mass is 10.1. The Kier molecular flexibility index (Phi) is 5.04. The number of nitrogens with zero attached hydrogens (tertiary/aromatic N) is 4. The Bertz CT molecular complexity index is 1060. The highest BCUT2D eigenvalue weighted by molar-refractivity contribution is 5.95. The number of benzene rings is 1. The average Bonchev–Trinajstić information content (AvgIpc) is 3.03. The SMILES string of the molecule is Cn1c(-c2ccccc2C(F)(F)F)nnc1C(C)(C)Oc1cnccc1C(N)=O. The molecule has 2 aromatic heterocycles. The lowest BCUT2D eigenvalue weighted by Crippen LogP contribution is -2.30. The van der Waals surface area contributed by atoms with Gasteiger partial charge in [0.25, 0.3) is 5.91 Å². The fourth-order valence-corrected chi connectivity index (χ4v) is 3.00. The molecule has 0 aliphatic carbocycles. The van der Waals surface area contributed by atoms with Gasteiger partial charge < -0.3 is 15.0 Å². The molecule has 0 spiro atoms. The number of pyridine rings is 1. The van der Waals surface area contributed by atoms with E-state index >= 15 is 0 Å². The van der Waals surface area contributed by atoms with Gasteiger partial charge in [0, 0.05) is 18.8 Å². The zero-order valence-electron chi connectivity index (χ0n) is 15.9. The number of carbonyl (C=O) groups excluding carboxylic acids is 1. The van der Waals surface area contributed by atoms with E-state index in [4.69, 9.17) is 10.5 Å². The molecule has 0 saturated carbocycles. The molecular weight excluding hydrogens is 387 g/mol. The molecule has 2 heterocycles. The molecule has 29 heavy (non-hydrogen) atoms. The number of amides is 1. The first kappa shape index (κ1) is 20.3. The van der Waals surface area contributed by atoms with E-state index in [0.29, 0.717) is 0 Å². The summed E-state index contributed by atoms with van der Waals surface area (Å²) in [6.45, 7) is 3.29. The summed E-state index contributed by atoms with van der Waals surface area (Å²) in [6, 6.07) is 6.53. The van der Waals surface area contributed by atoms with Gasteiger partial charge in [0.15, 0.2) is 23.0 Å². The van der Waals surface area contributed by atoms with Gasteiger partial charge in [-0.1, -0.05) is 18.2 Å². The average molecular weight is 405 g/mol. The van der Waals surface area contributed by atoms with E-state index in [1.807, 2.05) is 0 Å². The quantitative estimate of drug-likeness (QED) is 0.703. The first-order valence-corrected chi connectivity index (χ1v) is 8.51. The Hall–Kier alpha value is -3.43. The first-order valence-electron chi connectivity index (χ1n) is 8.51. The maximum Gasteiger partial charge on any atom is 0.417 e. The van der Waals surface area contributed by atoms with Gasteiger partial charge in [-0.15, -0.1) is 10.2 Å². The molecule has 7 nitrogen and oxygen atoms in total. The third-order valence-electron chi connectivity index (χ3n) is 4.30. The molecule has 0 bridgehead atoms. The molecule has 0 saturated heterocycles. The number of halogens is 3. The Labute approximate surface area is 164 Å². The lowest BCUT2D eigenvalue weighted by Gasteiger charge is -2.26. The maximum absolute atomic E-state index is 13.4. The Morgan fingerprint density at radius 3 is 2.48 bits per heavy atom. The fraction of sp³-hybridized carbons (Fsp3) is 0.263. The number of hydrogen-bond acceptors (Lipinski definition) is 5. The number of aromatic nitrogens is 4. The lowest BCUT2D eigenvalue weighted by molar-refractivity contribution is -0.137. The summed E-state index contributed by atoms with van der Waals surface area (Å²) in [4.78, 5) is 15.5. The van der Waals surface area contributed by atoms with E-state index in [1.54, 1.807) is 20.9 Å². The second kappa shape index (κ2) is 7.19. The van der Waals surface area contributed by atoms with Crippen molar-refractivity contribution < 1.29 is 22.7 Å². The highest BCUT2D eigenvalue weighted by Crippen LogP contribution is 2.37. The van der Waals surface area contributed by atoms with Crippen molar-refractivity contribution >= 4 is 5.91 Å². The molecule has 0 atom stereocenters. The molecule has 1 amide bonds. The van der Waals surface area contributed by atoms with Gasteiger partial charge in [-0.25, -0.2) is 0 Å². The van der Waals surface area contributed by atoms with Gasteiger partial charge >= 0.3 is 6.18 Å². The second-order valence-electron chi connectivity index (χ2n) is 6.80. The topological polar surface area (TPSA) is 95.9 Å². The number of primary amides is 1. The van der Waals surface area contributed by atoms with E-state index in [-0.39, 0.29) is 28.5 Å². The molecule has 0 unspecified atom stereocenters. The molecule has 3 rings (SSSR count). The number of ether oxygens (including phenoxy) is 1. The van der Waals surface area contributed by atoms with Crippen LogP contribution in [-0.2, 0) is 18.8 Å². The predicted octanol–water partition coefficient (Wildman–Crippen LogP) is 3.31. The van der Waals surface area contributed by atoms with Crippen LogP contribution >= 0.6 is 0 Å². The summed E-state index contributed by atoms with van der Waals surface area (Å²) < 4.78 is 47.5. The van der Waals surface area contributed by atoms with Crippen molar-refractivity contribution in [2.75, 3.05) is 0 Å². The van der Waals surface area contributed by atoms with Gasteiger partial charge in [0.05, 0.1) is 17.3 Å². The molecule has 10 heteroatoms. The summed E-state index contributed by atoms with van der Waals surface area (Å²) in [5.74, 6) is -0.282. The largest absolute Gasteiger partial charge is 0.477 e. The minimum absolute atomic E-state index is 0.0333. The second-order valence-corrected chi connectivity index (χ2v) is 6.80. The van der Waals surface area contributed by atoms with Crippen molar-refractivity contribution in [2.45, 2.75) is 25.6 Å². The summed E-state index contributed by atoms with van der Waals surface area (Å²) in [5, 5.41) is 7.99. The van der Waals surface area contributed by atoms with E-state index in [0.717, 1.165) is 6.07 Å². The van der Waals surface area contributed by atoms with Crippen molar-refractivity contribution in [3.8, 4) is 17.1 Å². The summed E-state index contributed by atoms with van der Waals surface area (Å²) in [6.07, 6.45) is -1.81. The molecule has 0 fully saturated rings. The van der Waals surface area contributed by atoms with Crippen LogP contribution in [0.1, 0.15) is 35.6 Å². The number of carbonyl (C=O) groups is 1. The highest BCUT2D eigenvalue weighted by Gasteiger charge is 2.36. The highest BCUT2D eigenvalue weighted by atomic mass is 19.4. The van der Waals surface area contributed by atoms with E-state index < -0.39 is 23.2 Å². The third kappa shape index (κ3) is 3.91. The number of alkyl halides is 3. The minimum Gasteiger partial charge on any atom is -0.477 e. The molecule has 0 aliphatic heterocycles. The number of nitrogens with two attached hydrogens (primary N) is 1. The molecule has 2 N–H and O–H groups in total. The zero-order chi connectivity index (χ0) is 21.4. The number of hydrogen-bond donors (Lipinski definition) is 1. The van der Waals surface area contributed by atoms with E-state index in [9.17, 15) is 18.0 Å². The van der Waals surface area contributed by atoms with Gasteiger partial charge in [-0.3, -0.25) is 9.78 Å². The number of rotatable bonds is 5. The molecule has 152 valence electrons. The summed E-state index contributed by atoms with van der Waals surface area (Å²) in [7, 11) is 1.54. The first-order chi connectivity index (χ1) is 13.5. The van der Waals surface area contributed by atoms with Gasteiger partial charge in [-0.2, -0.15) is 13.2 Å². The Morgan fingerprint density at radius 1 is 1.14 bits per heavy atom. The van der Waals surface area contributed by atoms with Crippen LogP contribution in [0.2, 0.25) is 0 Å². The van der Waals surface area contributed by atoms with Gasteiger partial charge in [0.1, 0.15) is 0 Å². The molecule has 0 aliphatic rings. The van der Waals surface area contributed by atoms with Crippen molar-refractivity contribution in [1.29, 1.82) is 0 Å². The normalized spacial score (nSPS) is 12.1. The molecule has 3 aromatic rings. The maximum atomic E-state index is 13.4. The smallest absolute Gasteiger partial charge is 0.417 e. The predicted molar refractivity (Wildman–Crippen MR) is 97.8 cm³/mol. The van der Waals surface area contributed by atoms with E-state index in [1.165, 1.54) is 41.2 Å². The summed E-state index contributed by atoms with van der Waals surface area (Å²) >= 11 is 0. The minimum atomic E-state index is -4.54. The van der Waals surface area contributed by atoms with Crippen molar-refractivity contribution in [3.05, 3.63) is 59.7 Å². The Morgan fingerprint density at radius 2 is 1.83 bits per heavy atom. The van der Waals surface area contributed by atoms with Crippen LogP contribution in [0.15, 0.2) is 42.7 Å². The van der Waals surface area contributed by atoms with Gasteiger partial charge in [-0.05, 0) is 26.0 Å². The standard InChI is InChI=1S/C19H18F3N5O2/c1-18(2,29-14-10-24-9-8-12(14)15(23)28)17-26-25-16(27(17)3)11-6-4-5-7-13(11)19(20,21)22/h4-10H,1-3H3,(H2,23,28). The van der Waals surface area contributed by atoms with E-state index in [2.05, 4.69) is 15.2 Å². The van der Waals surface area contributed by atoms with Crippen molar-refractivity contribution in [2.24, 2.45) is 12.8 Å². The van der Waals surface area contributed by atoms with Crippen LogP contribution in [0, 0.1) is 0 Å². The van der Waals surface area contributed by atoms with Gasteiger partial charge in [0.2, 0.25) is 0 Å². The van der Waals surface area contributed by atoms with Crippen LogP contribution in [0.3, 0.4) is 0 Å². The molecule has 1 aromatic carbocycles. The van der Waals surface area contributed by atoms with Crippen LogP contribution in [0.5, 0.6) is 5.75 Å². The van der Waals surface area contributed by atoms with Crippen molar-refractivity contribution in [3.63, 3.8) is 0 Å². The van der Waals surface area contributed by atoms with Crippen LogP contribution in [0.4, 0.5) is 13.2 Å². The third-order valence-corrected chi connectivity index (χ3v) is 4.30. The zero-order valence-corrected chi connectivity index (χ0v) is 15.9.